The molecule has 0 saturated heterocycles. The predicted molar refractivity (Wildman–Crippen MR) is 111 cm³/mol. The van der Waals surface area contributed by atoms with E-state index in [2.05, 4.69) is 5.32 Å². The number of hydrogen-bond donors (Lipinski definition) is 1. The molecule has 156 valence electrons. The number of rotatable bonds is 9. The van der Waals surface area contributed by atoms with Crippen molar-refractivity contribution in [1.29, 1.82) is 0 Å². The number of benzene rings is 2. The molecule has 1 atom stereocenters. The van der Waals surface area contributed by atoms with E-state index in [0.717, 1.165) is 5.56 Å². The summed E-state index contributed by atoms with van der Waals surface area (Å²) in [5, 5.41) is 2.87. The largest absolute Gasteiger partial charge is 0.497 e. The Morgan fingerprint density at radius 3 is 2.31 bits per heavy atom. The standard InChI is InChI=1S/C23H29FN2O3/c1-16(2)14-25-23(28)17(3)26(15-18-9-11-20(29-4)12-10-18)22(27)13-19-7-5-6-8-21(19)24/h5-12,16-17H,13-15H2,1-4H3,(H,25,28). The number of amides is 2. The van der Waals surface area contributed by atoms with E-state index in [-0.39, 0.29) is 24.8 Å². The second-order valence-corrected chi connectivity index (χ2v) is 7.45. The molecule has 1 N–H and O–H groups in total. The summed E-state index contributed by atoms with van der Waals surface area (Å²) in [6, 6.07) is 12.8. The SMILES string of the molecule is COc1ccc(CN(C(=O)Cc2ccccc2F)C(C)C(=O)NCC(C)C)cc1. The second kappa shape index (κ2) is 10.6. The highest BCUT2D eigenvalue weighted by Gasteiger charge is 2.26. The lowest BCUT2D eigenvalue weighted by Crippen LogP contribution is -2.48. The van der Waals surface area contributed by atoms with Crippen molar-refractivity contribution in [1.82, 2.24) is 10.2 Å². The van der Waals surface area contributed by atoms with Crippen LogP contribution in [0.25, 0.3) is 0 Å². The van der Waals surface area contributed by atoms with Crippen molar-refractivity contribution < 1.29 is 18.7 Å². The summed E-state index contributed by atoms with van der Waals surface area (Å²) in [6.45, 7) is 6.47. The van der Waals surface area contributed by atoms with Crippen LogP contribution in [0.2, 0.25) is 0 Å². The Morgan fingerprint density at radius 1 is 1.07 bits per heavy atom. The summed E-state index contributed by atoms with van der Waals surface area (Å²) in [4.78, 5) is 27.1. The minimum Gasteiger partial charge on any atom is -0.497 e. The van der Waals surface area contributed by atoms with Gasteiger partial charge in [0, 0.05) is 13.1 Å². The van der Waals surface area contributed by atoms with E-state index < -0.39 is 11.9 Å². The molecule has 2 aromatic carbocycles. The van der Waals surface area contributed by atoms with E-state index in [1.807, 2.05) is 26.0 Å². The van der Waals surface area contributed by atoms with Gasteiger partial charge in [0.15, 0.2) is 0 Å². The van der Waals surface area contributed by atoms with Crippen LogP contribution in [0, 0.1) is 11.7 Å². The van der Waals surface area contributed by atoms with E-state index in [1.165, 1.54) is 11.0 Å². The number of carbonyl (C=O) groups excluding carboxylic acids is 2. The summed E-state index contributed by atoms with van der Waals surface area (Å²) in [5.74, 6) is 0.0467. The monoisotopic (exact) mass is 400 g/mol. The van der Waals surface area contributed by atoms with Crippen molar-refractivity contribution in [3.8, 4) is 5.75 Å². The Bertz CT molecular complexity index is 821. The summed E-state index contributed by atoms with van der Waals surface area (Å²) >= 11 is 0. The van der Waals surface area contributed by atoms with Crippen LogP contribution in [0.5, 0.6) is 5.75 Å². The summed E-state index contributed by atoms with van der Waals surface area (Å²) in [7, 11) is 1.58. The van der Waals surface area contributed by atoms with E-state index in [0.29, 0.717) is 23.8 Å². The van der Waals surface area contributed by atoms with Crippen LogP contribution >= 0.6 is 0 Å². The van der Waals surface area contributed by atoms with Gasteiger partial charge in [-0.15, -0.1) is 0 Å². The molecule has 0 heterocycles. The van der Waals surface area contributed by atoms with Crippen LogP contribution in [-0.4, -0.2) is 36.4 Å². The number of halogens is 1. The first-order chi connectivity index (χ1) is 13.8. The minimum atomic E-state index is -0.685. The fraction of sp³-hybridized carbons (Fsp3) is 0.391. The third-order valence-electron chi connectivity index (χ3n) is 4.66. The number of methoxy groups -OCH3 is 1. The van der Waals surface area contributed by atoms with Gasteiger partial charge < -0.3 is 15.0 Å². The van der Waals surface area contributed by atoms with Crippen molar-refractivity contribution in [2.45, 2.75) is 39.8 Å². The van der Waals surface area contributed by atoms with E-state index >= 15 is 0 Å². The fourth-order valence-electron chi connectivity index (χ4n) is 2.87. The van der Waals surface area contributed by atoms with Gasteiger partial charge in [-0.05, 0) is 42.2 Å². The fourth-order valence-corrected chi connectivity index (χ4v) is 2.87. The van der Waals surface area contributed by atoms with Gasteiger partial charge >= 0.3 is 0 Å². The third-order valence-corrected chi connectivity index (χ3v) is 4.66. The zero-order chi connectivity index (χ0) is 21.4. The van der Waals surface area contributed by atoms with Crippen molar-refractivity contribution in [2.24, 2.45) is 5.92 Å². The molecule has 1 unspecified atom stereocenters. The number of nitrogens with zero attached hydrogens (tertiary/aromatic N) is 1. The Balaban J connectivity index is 2.21. The molecule has 0 spiro atoms. The first-order valence-corrected chi connectivity index (χ1v) is 9.75. The van der Waals surface area contributed by atoms with Gasteiger partial charge in [0.1, 0.15) is 17.6 Å². The van der Waals surface area contributed by atoms with Crippen LogP contribution in [0.3, 0.4) is 0 Å². The van der Waals surface area contributed by atoms with Crippen LogP contribution in [-0.2, 0) is 22.6 Å². The molecule has 0 radical (unpaired) electrons. The number of ether oxygens (including phenoxy) is 1. The predicted octanol–water partition coefficient (Wildman–Crippen LogP) is 3.57. The lowest BCUT2D eigenvalue weighted by atomic mass is 10.1. The molecule has 29 heavy (non-hydrogen) atoms. The van der Waals surface area contributed by atoms with Gasteiger partial charge in [-0.2, -0.15) is 0 Å². The van der Waals surface area contributed by atoms with Crippen LogP contribution in [0.4, 0.5) is 4.39 Å². The lowest BCUT2D eigenvalue weighted by molar-refractivity contribution is -0.140. The Labute approximate surface area is 171 Å². The normalized spacial score (nSPS) is 11.8. The molecule has 0 aliphatic carbocycles. The topological polar surface area (TPSA) is 58.6 Å². The minimum absolute atomic E-state index is 0.107. The average Bonchev–Trinajstić information content (AvgIpc) is 2.71. The second-order valence-electron chi connectivity index (χ2n) is 7.45. The lowest BCUT2D eigenvalue weighted by Gasteiger charge is -2.29. The van der Waals surface area contributed by atoms with Crippen LogP contribution < -0.4 is 10.1 Å². The molecule has 2 rings (SSSR count). The van der Waals surface area contributed by atoms with Crippen LogP contribution in [0.1, 0.15) is 31.9 Å². The summed E-state index contributed by atoms with van der Waals surface area (Å²) in [6.07, 6.45) is -0.107. The Kier molecular flexibility index (Phi) is 8.19. The molecule has 2 aromatic rings. The number of carbonyl (C=O) groups is 2. The van der Waals surface area contributed by atoms with E-state index in [1.54, 1.807) is 44.4 Å². The molecule has 0 saturated carbocycles. The highest BCUT2D eigenvalue weighted by molar-refractivity contribution is 5.88. The molecule has 2 amide bonds. The molecule has 0 aliphatic heterocycles. The van der Waals surface area contributed by atoms with Gasteiger partial charge in [0.25, 0.3) is 0 Å². The highest BCUT2D eigenvalue weighted by atomic mass is 19.1. The van der Waals surface area contributed by atoms with E-state index in [9.17, 15) is 14.0 Å². The average molecular weight is 400 g/mol. The summed E-state index contributed by atoms with van der Waals surface area (Å²) < 4.78 is 19.2. The zero-order valence-electron chi connectivity index (χ0n) is 17.4. The molecule has 0 aromatic heterocycles. The van der Waals surface area contributed by atoms with E-state index in [4.69, 9.17) is 4.74 Å². The molecular weight excluding hydrogens is 371 g/mol. The molecule has 0 bridgehead atoms. The smallest absolute Gasteiger partial charge is 0.242 e. The van der Waals surface area contributed by atoms with Gasteiger partial charge in [-0.3, -0.25) is 9.59 Å². The summed E-state index contributed by atoms with van der Waals surface area (Å²) in [5.41, 5.74) is 1.17. The first-order valence-electron chi connectivity index (χ1n) is 9.75. The molecule has 5 nitrogen and oxygen atoms in total. The van der Waals surface area contributed by atoms with Crippen molar-refractivity contribution in [3.63, 3.8) is 0 Å². The maximum Gasteiger partial charge on any atom is 0.242 e. The number of nitrogens with one attached hydrogen (secondary N) is 1. The number of hydrogen-bond acceptors (Lipinski definition) is 3. The van der Waals surface area contributed by atoms with Gasteiger partial charge in [0.05, 0.1) is 13.5 Å². The van der Waals surface area contributed by atoms with Gasteiger partial charge in [-0.25, -0.2) is 4.39 Å². The molecular formula is C23H29FN2O3. The molecule has 6 heteroatoms. The quantitative estimate of drug-likeness (QED) is 0.700. The first kappa shape index (κ1) is 22.4. The Hall–Kier alpha value is -2.89. The van der Waals surface area contributed by atoms with Gasteiger partial charge in [0.2, 0.25) is 11.8 Å². The Morgan fingerprint density at radius 2 is 1.72 bits per heavy atom. The van der Waals surface area contributed by atoms with Crippen LogP contribution in [0.15, 0.2) is 48.5 Å². The molecule has 0 aliphatic rings. The zero-order valence-corrected chi connectivity index (χ0v) is 17.4. The highest BCUT2D eigenvalue weighted by Crippen LogP contribution is 2.17. The third kappa shape index (κ3) is 6.59. The maximum absolute atomic E-state index is 14.0. The van der Waals surface area contributed by atoms with Crippen molar-refractivity contribution in [2.75, 3.05) is 13.7 Å². The maximum atomic E-state index is 14.0. The van der Waals surface area contributed by atoms with Crippen molar-refractivity contribution in [3.05, 3.63) is 65.5 Å². The molecule has 0 fully saturated rings. The van der Waals surface area contributed by atoms with Crippen molar-refractivity contribution >= 4 is 11.8 Å². The van der Waals surface area contributed by atoms with Gasteiger partial charge in [-0.1, -0.05) is 44.2 Å².